The van der Waals surface area contributed by atoms with Crippen LogP contribution < -0.4 is 10.2 Å². The highest BCUT2D eigenvalue weighted by Crippen LogP contribution is 2.33. The molecule has 3 aromatic carbocycles. The van der Waals surface area contributed by atoms with Gasteiger partial charge in [-0.15, -0.1) is 0 Å². The van der Waals surface area contributed by atoms with Gasteiger partial charge in [0.2, 0.25) is 5.91 Å². The van der Waals surface area contributed by atoms with Crippen LogP contribution in [0.2, 0.25) is 0 Å². The molecule has 1 aliphatic heterocycles. The van der Waals surface area contributed by atoms with Gasteiger partial charge in [-0.2, -0.15) is 0 Å². The SMILES string of the molecule is CC(=O)c1ccc(N2CCN(CC(=O)Nc3ccccc3Sc3ccccc3)CC2)cc1. The lowest BCUT2D eigenvalue weighted by molar-refractivity contribution is -0.117. The van der Waals surface area contributed by atoms with E-state index >= 15 is 0 Å². The normalized spacial score (nSPS) is 14.2. The van der Waals surface area contributed by atoms with E-state index in [9.17, 15) is 9.59 Å². The minimum Gasteiger partial charge on any atom is -0.369 e. The zero-order chi connectivity index (χ0) is 22.3. The lowest BCUT2D eigenvalue weighted by atomic mass is 10.1. The van der Waals surface area contributed by atoms with Crippen LogP contribution in [0.4, 0.5) is 11.4 Å². The molecule has 0 aromatic heterocycles. The van der Waals surface area contributed by atoms with Gasteiger partial charge in [-0.05, 0) is 55.5 Å². The number of carbonyl (C=O) groups is 2. The van der Waals surface area contributed by atoms with Gasteiger partial charge >= 0.3 is 0 Å². The van der Waals surface area contributed by atoms with Gasteiger partial charge in [0.05, 0.1) is 12.2 Å². The first-order valence-corrected chi connectivity index (χ1v) is 11.6. The smallest absolute Gasteiger partial charge is 0.238 e. The van der Waals surface area contributed by atoms with E-state index in [1.807, 2.05) is 66.7 Å². The van der Waals surface area contributed by atoms with Crippen molar-refractivity contribution >= 4 is 34.8 Å². The molecule has 0 radical (unpaired) electrons. The maximum Gasteiger partial charge on any atom is 0.238 e. The Kier molecular flexibility index (Phi) is 7.24. The molecular weight excluding hydrogens is 418 g/mol. The molecule has 1 saturated heterocycles. The number of nitrogens with one attached hydrogen (secondary N) is 1. The average Bonchev–Trinajstić information content (AvgIpc) is 2.81. The minimum atomic E-state index is 0.00497. The summed E-state index contributed by atoms with van der Waals surface area (Å²) in [6.07, 6.45) is 0. The molecule has 1 amide bonds. The molecule has 5 nitrogen and oxygen atoms in total. The fourth-order valence-electron chi connectivity index (χ4n) is 3.74. The zero-order valence-corrected chi connectivity index (χ0v) is 19.0. The monoisotopic (exact) mass is 445 g/mol. The summed E-state index contributed by atoms with van der Waals surface area (Å²) < 4.78 is 0. The van der Waals surface area contributed by atoms with Gasteiger partial charge in [0, 0.05) is 47.2 Å². The number of ketones is 1. The first-order chi connectivity index (χ1) is 15.6. The summed E-state index contributed by atoms with van der Waals surface area (Å²) in [6.45, 7) is 5.31. The van der Waals surface area contributed by atoms with E-state index in [0.717, 1.165) is 52.9 Å². The Hall–Kier alpha value is -3.09. The van der Waals surface area contributed by atoms with Gasteiger partial charge < -0.3 is 10.2 Å². The van der Waals surface area contributed by atoms with Crippen molar-refractivity contribution in [2.24, 2.45) is 0 Å². The standard InChI is InChI=1S/C26H27N3O2S/c1-20(30)21-11-13-22(14-12-21)29-17-15-28(16-18-29)19-26(31)27-24-9-5-6-10-25(24)32-23-7-3-2-4-8-23/h2-14H,15-19H2,1H3,(H,27,31). The third kappa shape index (κ3) is 5.78. The van der Waals surface area contributed by atoms with Gasteiger partial charge in [0.25, 0.3) is 0 Å². The van der Waals surface area contributed by atoms with Gasteiger partial charge in [-0.3, -0.25) is 14.5 Å². The Bertz CT molecular complexity index is 1060. The summed E-state index contributed by atoms with van der Waals surface area (Å²) in [4.78, 5) is 30.8. The first-order valence-electron chi connectivity index (χ1n) is 10.8. The number of piperazine rings is 1. The molecule has 0 aliphatic carbocycles. The molecule has 0 unspecified atom stereocenters. The van der Waals surface area contributed by atoms with Crippen molar-refractivity contribution in [3.8, 4) is 0 Å². The second-order valence-corrected chi connectivity index (χ2v) is 8.94. The predicted molar refractivity (Wildman–Crippen MR) is 131 cm³/mol. The van der Waals surface area contributed by atoms with Crippen LogP contribution in [0.1, 0.15) is 17.3 Å². The lowest BCUT2D eigenvalue weighted by Gasteiger charge is -2.35. The van der Waals surface area contributed by atoms with Gasteiger partial charge in [-0.25, -0.2) is 0 Å². The van der Waals surface area contributed by atoms with Crippen LogP contribution >= 0.6 is 11.8 Å². The molecule has 32 heavy (non-hydrogen) atoms. The van der Waals surface area contributed by atoms with Crippen molar-refractivity contribution in [1.82, 2.24) is 4.90 Å². The number of nitrogens with zero attached hydrogens (tertiary/aromatic N) is 2. The number of anilines is 2. The van der Waals surface area contributed by atoms with Gasteiger partial charge in [-0.1, -0.05) is 42.1 Å². The Morgan fingerprint density at radius 3 is 2.19 bits per heavy atom. The van der Waals surface area contributed by atoms with Crippen molar-refractivity contribution in [3.05, 3.63) is 84.4 Å². The van der Waals surface area contributed by atoms with Crippen molar-refractivity contribution in [1.29, 1.82) is 0 Å². The van der Waals surface area contributed by atoms with Crippen LogP contribution in [0, 0.1) is 0 Å². The van der Waals surface area contributed by atoms with E-state index in [1.165, 1.54) is 0 Å². The number of hydrogen-bond donors (Lipinski definition) is 1. The zero-order valence-electron chi connectivity index (χ0n) is 18.2. The Balaban J connectivity index is 1.30. The molecule has 1 fully saturated rings. The molecule has 1 N–H and O–H groups in total. The maximum absolute atomic E-state index is 12.7. The highest BCUT2D eigenvalue weighted by atomic mass is 32.2. The van der Waals surface area contributed by atoms with Crippen molar-refractivity contribution < 1.29 is 9.59 Å². The Morgan fingerprint density at radius 1 is 0.844 bits per heavy atom. The second-order valence-electron chi connectivity index (χ2n) is 7.83. The molecule has 0 spiro atoms. The van der Waals surface area contributed by atoms with E-state index in [-0.39, 0.29) is 11.7 Å². The van der Waals surface area contributed by atoms with Crippen LogP contribution in [-0.2, 0) is 4.79 Å². The average molecular weight is 446 g/mol. The first kappa shape index (κ1) is 22.1. The number of benzene rings is 3. The molecular formula is C26H27N3O2S. The number of rotatable bonds is 7. The molecule has 6 heteroatoms. The molecule has 0 atom stereocenters. The number of amides is 1. The Labute approximate surface area is 193 Å². The summed E-state index contributed by atoms with van der Waals surface area (Å²) in [7, 11) is 0. The summed E-state index contributed by atoms with van der Waals surface area (Å²) in [5, 5.41) is 3.09. The number of Topliss-reactive ketones (excluding diaryl/α,β-unsaturated/α-hetero) is 1. The highest BCUT2D eigenvalue weighted by Gasteiger charge is 2.20. The van der Waals surface area contributed by atoms with Gasteiger partial charge in [0.15, 0.2) is 5.78 Å². The Morgan fingerprint density at radius 2 is 1.50 bits per heavy atom. The lowest BCUT2D eigenvalue weighted by Crippen LogP contribution is -2.48. The highest BCUT2D eigenvalue weighted by molar-refractivity contribution is 7.99. The topological polar surface area (TPSA) is 52.7 Å². The predicted octanol–water partition coefficient (Wildman–Crippen LogP) is 4.80. The quantitative estimate of drug-likeness (QED) is 0.530. The van der Waals surface area contributed by atoms with E-state index in [4.69, 9.17) is 0 Å². The molecule has 0 bridgehead atoms. The maximum atomic E-state index is 12.7. The number of para-hydroxylation sites is 1. The fraction of sp³-hybridized carbons (Fsp3) is 0.231. The van der Waals surface area contributed by atoms with Crippen LogP contribution in [0.15, 0.2) is 88.7 Å². The van der Waals surface area contributed by atoms with Crippen LogP contribution in [0.5, 0.6) is 0 Å². The largest absolute Gasteiger partial charge is 0.369 e. The summed E-state index contributed by atoms with van der Waals surface area (Å²) in [5.41, 5.74) is 2.69. The fourth-order valence-corrected chi connectivity index (χ4v) is 4.66. The van der Waals surface area contributed by atoms with Gasteiger partial charge in [0.1, 0.15) is 0 Å². The van der Waals surface area contributed by atoms with Crippen LogP contribution in [0.25, 0.3) is 0 Å². The van der Waals surface area contributed by atoms with E-state index in [2.05, 4.69) is 27.2 Å². The molecule has 0 saturated carbocycles. The van der Waals surface area contributed by atoms with E-state index in [0.29, 0.717) is 6.54 Å². The molecule has 3 aromatic rings. The van der Waals surface area contributed by atoms with Crippen molar-refractivity contribution in [2.75, 3.05) is 42.9 Å². The minimum absolute atomic E-state index is 0.00497. The molecule has 164 valence electrons. The summed E-state index contributed by atoms with van der Waals surface area (Å²) in [5.74, 6) is 0.0847. The summed E-state index contributed by atoms with van der Waals surface area (Å²) in [6, 6.07) is 25.8. The molecule has 1 heterocycles. The third-order valence-corrected chi connectivity index (χ3v) is 6.59. The third-order valence-electron chi connectivity index (χ3n) is 5.51. The van der Waals surface area contributed by atoms with Crippen molar-refractivity contribution in [3.63, 3.8) is 0 Å². The van der Waals surface area contributed by atoms with E-state index < -0.39 is 0 Å². The molecule has 1 aliphatic rings. The summed E-state index contributed by atoms with van der Waals surface area (Å²) >= 11 is 1.65. The van der Waals surface area contributed by atoms with Crippen LogP contribution in [0.3, 0.4) is 0 Å². The number of hydrogen-bond acceptors (Lipinski definition) is 5. The molecule has 4 rings (SSSR count). The second kappa shape index (κ2) is 10.5. The van der Waals surface area contributed by atoms with E-state index in [1.54, 1.807) is 18.7 Å². The van der Waals surface area contributed by atoms with Crippen molar-refractivity contribution in [2.45, 2.75) is 16.7 Å². The number of carbonyl (C=O) groups excluding carboxylic acids is 2. The van der Waals surface area contributed by atoms with Crippen LogP contribution in [-0.4, -0.2) is 49.3 Å².